The maximum Gasteiger partial charge on any atom is 0.325 e. The molecule has 0 heterocycles. The molecule has 1 aromatic rings. The molecule has 0 amide bonds. The van der Waals surface area contributed by atoms with Gasteiger partial charge in [-0.1, -0.05) is 36.8 Å². The van der Waals surface area contributed by atoms with Crippen molar-refractivity contribution in [2.45, 2.75) is 31.9 Å². The molecule has 0 aliphatic rings. The molecule has 1 aromatic carbocycles. The van der Waals surface area contributed by atoms with Crippen molar-refractivity contribution in [1.82, 2.24) is 0 Å². The highest BCUT2D eigenvalue weighted by Crippen LogP contribution is 2.35. The molecule has 0 spiro atoms. The summed E-state index contributed by atoms with van der Waals surface area (Å²) in [6, 6.07) is 8.52. The van der Waals surface area contributed by atoms with E-state index in [1.807, 2.05) is 30.3 Å². The van der Waals surface area contributed by atoms with Crippen LogP contribution >= 0.6 is 7.60 Å². The van der Waals surface area contributed by atoms with Gasteiger partial charge in [0.25, 0.3) is 0 Å². The third kappa shape index (κ3) is 7.40. The maximum absolute atomic E-state index is 11.6. The minimum Gasteiger partial charge on any atom is -0.460 e. The van der Waals surface area contributed by atoms with Gasteiger partial charge in [0, 0.05) is 6.16 Å². The number of ether oxygens (including phenoxy) is 1. The number of carbonyl (C=O) groups excluding carboxylic acids is 1. The summed E-state index contributed by atoms with van der Waals surface area (Å²) in [7, 11) is -3.96. The van der Waals surface area contributed by atoms with E-state index in [0.29, 0.717) is 19.3 Å². The molecule has 0 aliphatic carbocycles. The zero-order chi connectivity index (χ0) is 15.0. The Labute approximate surface area is 118 Å². The predicted octanol–water partition coefficient (Wildman–Crippen LogP) is 1.41. The lowest BCUT2D eigenvalue weighted by atomic mass is 10.1. The van der Waals surface area contributed by atoms with E-state index in [2.05, 4.69) is 0 Å². The lowest BCUT2D eigenvalue weighted by molar-refractivity contribution is -0.146. The van der Waals surface area contributed by atoms with Gasteiger partial charge in [0.1, 0.15) is 12.6 Å². The first-order valence-electron chi connectivity index (χ1n) is 6.39. The number of unbranched alkanes of at least 4 members (excludes halogenated alkanes) is 1. The number of hydrogen-bond donors (Lipinski definition) is 3. The molecule has 0 saturated heterocycles. The molecular weight excluding hydrogens is 281 g/mol. The Hall–Kier alpha value is -1.20. The van der Waals surface area contributed by atoms with Crippen LogP contribution in [0.5, 0.6) is 0 Å². The molecule has 0 bridgehead atoms. The largest absolute Gasteiger partial charge is 0.460 e. The molecule has 1 atom stereocenters. The Morgan fingerprint density at radius 1 is 1.25 bits per heavy atom. The van der Waals surface area contributed by atoms with Gasteiger partial charge in [-0.3, -0.25) is 9.36 Å². The van der Waals surface area contributed by atoms with Crippen molar-refractivity contribution in [2.24, 2.45) is 5.73 Å². The molecular formula is C13H20NO5P. The normalized spacial score (nSPS) is 12.9. The van der Waals surface area contributed by atoms with Gasteiger partial charge in [-0.15, -0.1) is 0 Å². The van der Waals surface area contributed by atoms with E-state index in [1.54, 1.807) is 0 Å². The lowest BCUT2D eigenvalue weighted by Gasteiger charge is -2.11. The van der Waals surface area contributed by atoms with Crippen LogP contribution in [0, 0.1) is 0 Å². The van der Waals surface area contributed by atoms with Crippen molar-refractivity contribution >= 4 is 13.6 Å². The van der Waals surface area contributed by atoms with E-state index >= 15 is 0 Å². The van der Waals surface area contributed by atoms with Crippen LogP contribution in [0.4, 0.5) is 0 Å². The molecule has 20 heavy (non-hydrogen) atoms. The number of hydrogen-bond acceptors (Lipinski definition) is 4. The zero-order valence-electron chi connectivity index (χ0n) is 11.1. The number of nitrogens with two attached hydrogens (primary N) is 1. The maximum atomic E-state index is 11.6. The van der Waals surface area contributed by atoms with Crippen LogP contribution < -0.4 is 5.73 Å². The van der Waals surface area contributed by atoms with Crippen molar-refractivity contribution in [1.29, 1.82) is 0 Å². The van der Waals surface area contributed by atoms with E-state index in [-0.39, 0.29) is 12.8 Å². The van der Waals surface area contributed by atoms with Gasteiger partial charge in [-0.05, 0) is 18.4 Å². The summed E-state index contributed by atoms with van der Waals surface area (Å²) in [5, 5.41) is 0. The van der Waals surface area contributed by atoms with E-state index in [4.69, 9.17) is 20.3 Å². The summed E-state index contributed by atoms with van der Waals surface area (Å²) in [5.74, 6) is -0.495. The van der Waals surface area contributed by atoms with Gasteiger partial charge in [0.2, 0.25) is 0 Å². The molecule has 0 unspecified atom stereocenters. The SMILES string of the molecule is N[C@@H](CCCCP(=O)(O)O)C(=O)OCc1ccccc1. The standard InChI is InChI=1S/C13H20NO5P/c14-12(8-4-5-9-20(16,17)18)13(15)19-10-11-6-2-1-3-7-11/h1-3,6-7,12H,4-5,8-10,14H2,(H2,16,17,18)/t12-/m0/s1. The van der Waals surface area contributed by atoms with Crippen molar-refractivity contribution in [3.63, 3.8) is 0 Å². The molecule has 7 heteroatoms. The zero-order valence-corrected chi connectivity index (χ0v) is 12.0. The molecule has 4 N–H and O–H groups in total. The minimum atomic E-state index is -3.96. The van der Waals surface area contributed by atoms with Gasteiger partial charge in [-0.25, -0.2) is 0 Å². The van der Waals surface area contributed by atoms with Crippen LogP contribution in [0.2, 0.25) is 0 Å². The predicted molar refractivity (Wildman–Crippen MR) is 75.0 cm³/mol. The van der Waals surface area contributed by atoms with Crippen LogP contribution in [0.3, 0.4) is 0 Å². The summed E-state index contributed by atoms with van der Waals surface area (Å²) in [6.45, 7) is 0.176. The Kier molecular flexibility index (Phi) is 6.88. The molecule has 112 valence electrons. The summed E-state index contributed by atoms with van der Waals surface area (Å²) >= 11 is 0. The highest BCUT2D eigenvalue weighted by molar-refractivity contribution is 7.51. The van der Waals surface area contributed by atoms with Crippen LogP contribution in [0.15, 0.2) is 30.3 Å². The van der Waals surface area contributed by atoms with Crippen LogP contribution in [0.25, 0.3) is 0 Å². The topological polar surface area (TPSA) is 110 Å². The van der Waals surface area contributed by atoms with E-state index in [0.717, 1.165) is 5.56 Å². The highest BCUT2D eigenvalue weighted by atomic mass is 31.2. The van der Waals surface area contributed by atoms with Crippen LogP contribution in [-0.4, -0.2) is 28.0 Å². The second-order valence-electron chi connectivity index (χ2n) is 4.58. The molecule has 1 rings (SSSR count). The fourth-order valence-corrected chi connectivity index (χ4v) is 2.27. The van der Waals surface area contributed by atoms with Gasteiger partial charge >= 0.3 is 13.6 Å². The molecule has 0 aromatic heterocycles. The van der Waals surface area contributed by atoms with Gasteiger partial charge in [0.15, 0.2) is 0 Å². The fraction of sp³-hybridized carbons (Fsp3) is 0.462. The van der Waals surface area contributed by atoms with E-state index in [9.17, 15) is 9.36 Å². The molecule has 0 radical (unpaired) electrons. The summed E-state index contributed by atoms with van der Waals surface area (Å²) in [4.78, 5) is 29.0. The van der Waals surface area contributed by atoms with Crippen molar-refractivity contribution in [3.8, 4) is 0 Å². The summed E-state index contributed by atoms with van der Waals surface area (Å²) in [5.41, 5.74) is 6.55. The summed E-state index contributed by atoms with van der Waals surface area (Å²) in [6.07, 6.45) is 0.989. The minimum absolute atomic E-state index is 0.176. The average Bonchev–Trinajstić information content (AvgIpc) is 2.40. The third-order valence-electron chi connectivity index (χ3n) is 2.74. The first kappa shape index (κ1) is 16.9. The number of esters is 1. The number of rotatable bonds is 8. The fourth-order valence-electron chi connectivity index (χ4n) is 1.64. The van der Waals surface area contributed by atoms with E-state index in [1.165, 1.54) is 0 Å². The van der Waals surface area contributed by atoms with Gasteiger partial charge in [-0.2, -0.15) is 0 Å². The average molecular weight is 301 g/mol. The lowest BCUT2D eigenvalue weighted by Crippen LogP contribution is -2.32. The monoisotopic (exact) mass is 301 g/mol. The van der Waals surface area contributed by atoms with Crippen LogP contribution in [-0.2, 0) is 20.7 Å². The van der Waals surface area contributed by atoms with E-state index < -0.39 is 19.6 Å². The number of benzene rings is 1. The van der Waals surface area contributed by atoms with Crippen molar-refractivity contribution in [3.05, 3.63) is 35.9 Å². The summed E-state index contributed by atoms with van der Waals surface area (Å²) < 4.78 is 15.7. The molecule has 0 saturated carbocycles. The Balaban J connectivity index is 2.21. The Morgan fingerprint density at radius 3 is 2.50 bits per heavy atom. The highest BCUT2D eigenvalue weighted by Gasteiger charge is 2.16. The molecule has 6 nitrogen and oxygen atoms in total. The molecule has 0 aliphatic heterocycles. The van der Waals surface area contributed by atoms with Crippen LogP contribution in [0.1, 0.15) is 24.8 Å². The molecule has 0 fully saturated rings. The number of carbonyl (C=O) groups is 1. The van der Waals surface area contributed by atoms with Gasteiger partial charge in [0.05, 0.1) is 0 Å². The smallest absolute Gasteiger partial charge is 0.325 e. The van der Waals surface area contributed by atoms with Crippen molar-refractivity contribution in [2.75, 3.05) is 6.16 Å². The second kappa shape index (κ2) is 8.17. The first-order chi connectivity index (χ1) is 9.38. The Morgan fingerprint density at radius 2 is 1.90 bits per heavy atom. The Bertz CT molecular complexity index is 459. The second-order valence-corrected chi connectivity index (χ2v) is 6.36. The van der Waals surface area contributed by atoms with Gasteiger partial charge < -0.3 is 20.3 Å². The van der Waals surface area contributed by atoms with Crippen molar-refractivity contribution < 1.29 is 23.9 Å². The first-order valence-corrected chi connectivity index (χ1v) is 8.19. The quantitative estimate of drug-likeness (QED) is 0.380. The third-order valence-corrected chi connectivity index (χ3v) is 3.64.